The summed E-state index contributed by atoms with van der Waals surface area (Å²) in [4.78, 5) is 14.0. The standard InChI is InChI=1S/C22H25NO3/c1-23(13-15-7-6-12-21(15)24)22(25)26-14-20-18-10-4-2-8-16(18)17-9-3-5-11-19(17)20/h2-5,8-11,15,20-21,24H,6-7,12-14H2,1H3. The number of amides is 1. The molecular formula is C22H25NO3. The molecule has 4 nitrogen and oxygen atoms in total. The molecule has 0 aromatic heterocycles. The number of fused-ring (bicyclic) bond motifs is 3. The Balaban J connectivity index is 1.43. The molecule has 0 spiro atoms. The molecule has 0 heterocycles. The van der Waals surface area contributed by atoms with Gasteiger partial charge in [0.2, 0.25) is 0 Å². The molecule has 1 saturated carbocycles. The smallest absolute Gasteiger partial charge is 0.409 e. The average Bonchev–Trinajstić information content (AvgIpc) is 3.21. The van der Waals surface area contributed by atoms with E-state index >= 15 is 0 Å². The number of rotatable bonds is 4. The van der Waals surface area contributed by atoms with E-state index in [1.165, 1.54) is 22.3 Å². The summed E-state index contributed by atoms with van der Waals surface area (Å²) in [7, 11) is 1.75. The first-order valence-electron chi connectivity index (χ1n) is 9.39. The Labute approximate surface area is 154 Å². The molecule has 4 rings (SSSR count). The van der Waals surface area contributed by atoms with Gasteiger partial charge in [-0.05, 0) is 35.1 Å². The van der Waals surface area contributed by atoms with Crippen LogP contribution in [0.1, 0.15) is 36.3 Å². The molecule has 1 amide bonds. The molecule has 2 atom stereocenters. The number of carbonyl (C=O) groups excluding carboxylic acids is 1. The second-order valence-electron chi connectivity index (χ2n) is 7.44. The predicted octanol–water partition coefficient (Wildman–Crippen LogP) is 4.03. The molecule has 1 N–H and O–H groups in total. The van der Waals surface area contributed by atoms with Crippen molar-refractivity contribution in [3.63, 3.8) is 0 Å². The number of hydrogen-bond donors (Lipinski definition) is 1. The SMILES string of the molecule is CN(CC1CCCC1O)C(=O)OCC1c2ccccc2-c2ccccc21. The number of ether oxygens (including phenoxy) is 1. The fourth-order valence-electron chi connectivity index (χ4n) is 4.36. The van der Waals surface area contributed by atoms with Gasteiger partial charge in [0.1, 0.15) is 6.61 Å². The number of nitrogens with zero attached hydrogens (tertiary/aromatic N) is 1. The molecule has 0 bridgehead atoms. The van der Waals surface area contributed by atoms with Crippen molar-refractivity contribution in [1.29, 1.82) is 0 Å². The summed E-state index contributed by atoms with van der Waals surface area (Å²) in [5.74, 6) is 0.248. The van der Waals surface area contributed by atoms with Crippen LogP contribution in [0.15, 0.2) is 48.5 Å². The Kier molecular flexibility index (Phi) is 4.68. The Hall–Kier alpha value is -2.33. The third-order valence-corrected chi connectivity index (χ3v) is 5.78. The minimum atomic E-state index is -0.314. The van der Waals surface area contributed by atoms with Crippen LogP contribution in [0, 0.1) is 5.92 Å². The Bertz CT molecular complexity index is 758. The van der Waals surface area contributed by atoms with Gasteiger partial charge in [0.15, 0.2) is 0 Å². The minimum Gasteiger partial charge on any atom is -0.448 e. The average molecular weight is 351 g/mol. The molecule has 2 aromatic carbocycles. The fourth-order valence-corrected chi connectivity index (χ4v) is 4.36. The largest absolute Gasteiger partial charge is 0.448 e. The van der Waals surface area contributed by atoms with Crippen molar-refractivity contribution < 1.29 is 14.6 Å². The number of carbonyl (C=O) groups is 1. The van der Waals surface area contributed by atoms with Gasteiger partial charge in [-0.1, -0.05) is 55.0 Å². The van der Waals surface area contributed by atoms with Crippen LogP contribution in [-0.4, -0.2) is 42.4 Å². The van der Waals surface area contributed by atoms with E-state index in [2.05, 4.69) is 24.3 Å². The lowest BCUT2D eigenvalue weighted by Crippen LogP contribution is -2.35. The zero-order valence-electron chi connectivity index (χ0n) is 15.1. The summed E-state index contributed by atoms with van der Waals surface area (Å²) in [5.41, 5.74) is 4.89. The maximum absolute atomic E-state index is 12.4. The first-order chi connectivity index (χ1) is 12.6. The molecule has 0 saturated heterocycles. The maximum Gasteiger partial charge on any atom is 0.409 e. The van der Waals surface area contributed by atoms with Crippen LogP contribution in [0.4, 0.5) is 4.79 Å². The van der Waals surface area contributed by atoms with Crippen molar-refractivity contribution in [3.8, 4) is 11.1 Å². The van der Waals surface area contributed by atoms with Gasteiger partial charge in [-0.3, -0.25) is 0 Å². The number of benzene rings is 2. The van der Waals surface area contributed by atoms with Gasteiger partial charge in [-0.2, -0.15) is 0 Å². The molecule has 2 aliphatic carbocycles. The van der Waals surface area contributed by atoms with Crippen LogP contribution in [0.3, 0.4) is 0 Å². The molecule has 0 radical (unpaired) electrons. The molecule has 2 aliphatic rings. The van der Waals surface area contributed by atoms with Gasteiger partial charge in [-0.25, -0.2) is 4.79 Å². The topological polar surface area (TPSA) is 49.8 Å². The summed E-state index contributed by atoms with van der Waals surface area (Å²) >= 11 is 0. The Morgan fingerprint density at radius 2 is 1.69 bits per heavy atom. The van der Waals surface area contributed by atoms with Crippen molar-refractivity contribution in [1.82, 2.24) is 4.90 Å². The van der Waals surface area contributed by atoms with Gasteiger partial charge in [-0.15, -0.1) is 0 Å². The predicted molar refractivity (Wildman–Crippen MR) is 101 cm³/mol. The number of aliphatic hydroxyl groups excluding tert-OH is 1. The van der Waals surface area contributed by atoms with E-state index in [-0.39, 0.29) is 24.0 Å². The van der Waals surface area contributed by atoms with E-state index in [9.17, 15) is 9.90 Å². The van der Waals surface area contributed by atoms with Crippen LogP contribution in [0.2, 0.25) is 0 Å². The third kappa shape index (κ3) is 3.10. The molecule has 136 valence electrons. The first-order valence-corrected chi connectivity index (χ1v) is 9.39. The summed E-state index contributed by atoms with van der Waals surface area (Å²) in [6.45, 7) is 0.891. The van der Waals surface area contributed by atoms with E-state index in [0.717, 1.165) is 19.3 Å². The summed E-state index contributed by atoms with van der Waals surface area (Å²) < 4.78 is 5.65. The van der Waals surface area contributed by atoms with Gasteiger partial charge in [0.05, 0.1) is 6.10 Å². The van der Waals surface area contributed by atoms with Crippen LogP contribution >= 0.6 is 0 Å². The second-order valence-corrected chi connectivity index (χ2v) is 7.44. The highest BCUT2D eigenvalue weighted by molar-refractivity contribution is 5.79. The number of hydrogen-bond acceptors (Lipinski definition) is 3. The number of aliphatic hydroxyl groups is 1. The van der Waals surface area contributed by atoms with E-state index in [1.54, 1.807) is 11.9 Å². The van der Waals surface area contributed by atoms with Crippen LogP contribution < -0.4 is 0 Å². The van der Waals surface area contributed by atoms with Crippen molar-refractivity contribution in [2.24, 2.45) is 5.92 Å². The molecule has 0 aliphatic heterocycles. The second kappa shape index (κ2) is 7.12. The molecular weight excluding hydrogens is 326 g/mol. The van der Waals surface area contributed by atoms with Crippen LogP contribution in [0.25, 0.3) is 11.1 Å². The van der Waals surface area contributed by atoms with E-state index in [4.69, 9.17) is 4.74 Å². The molecule has 1 fully saturated rings. The summed E-state index contributed by atoms with van der Waals surface area (Å²) in [6, 6.07) is 16.7. The van der Waals surface area contributed by atoms with Crippen molar-refractivity contribution in [2.75, 3.05) is 20.2 Å². The Morgan fingerprint density at radius 3 is 2.27 bits per heavy atom. The van der Waals surface area contributed by atoms with Gasteiger partial charge in [0, 0.05) is 25.4 Å². The van der Waals surface area contributed by atoms with Gasteiger partial charge in [0.25, 0.3) is 0 Å². The summed E-state index contributed by atoms with van der Waals surface area (Å²) in [6.07, 6.45) is 2.24. The molecule has 4 heteroatoms. The quantitative estimate of drug-likeness (QED) is 0.905. The van der Waals surface area contributed by atoms with Crippen molar-refractivity contribution in [3.05, 3.63) is 59.7 Å². The Morgan fingerprint density at radius 1 is 1.08 bits per heavy atom. The monoisotopic (exact) mass is 351 g/mol. The van der Waals surface area contributed by atoms with E-state index in [1.807, 2.05) is 24.3 Å². The lowest BCUT2D eigenvalue weighted by atomic mass is 9.98. The lowest BCUT2D eigenvalue weighted by molar-refractivity contribution is 0.0818. The molecule has 2 aromatic rings. The maximum atomic E-state index is 12.4. The van der Waals surface area contributed by atoms with Gasteiger partial charge >= 0.3 is 6.09 Å². The first kappa shape index (κ1) is 17.1. The zero-order valence-corrected chi connectivity index (χ0v) is 15.1. The highest BCUT2D eigenvalue weighted by Gasteiger charge is 2.31. The van der Waals surface area contributed by atoms with Crippen molar-refractivity contribution >= 4 is 6.09 Å². The normalized spacial score (nSPS) is 21.3. The van der Waals surface area contributed by atoms with E-state index < -0.39 is 0 Å². The fraction of sp³-hybridized carbons (Fsp3) is 0.409. The summed E-state index contributed by atoms with van der Waals surface area (Å²) in [5, 5.41) is 9.96. The third-order valence-electron chi connectivity index (χ3n) is 5.78. The van der Waals surface area contributed by atoms with Crippen molar-refractivity contribution in [2.45, 2.75) is 31.3 Å². The molecule has 26 heavy (non-hydrogen) atoms. The lowest BCUT2D eigenvalue weighted by Gasteiger charge is -2.23. The zero-order chi connectivity index (χ0) is 18.1. The minimum absolute atomic E-state index is 0.0804. The van der Waals surface area contributed by atoms with Crippen LogP contribution in [0.5, 0.6) is 0 Å². The molecule has 2 unspecified atom stereocenters. The van der Waals surface area contributed by atoms with E-state index in [0.29, 0.717) is 13.2 Å². The van der Waals surface area contributed by atoms with Gasteiger partial charge < -0.3 is 14.7 Å². The highest BCUT2D eigenvalue weighted by atomic mass is 16.6. The highest BCUT2D eigenvalue weighted by Crippen LogP contribution is 2.44. The van der Waals surface area contributed by atoms with Crippen LogP contribution in [-0.2, 0) is 4.74 Å².